The molecule has 6 heteroatoms. The molecule has 1 aliphatic heterocycles. The number of nitrogens with one attached hydrogen (secondary N) is 1. The molecule has 3 rings (SSSR count). The third kappa shape index (κ3) is 4.04. The predicted molar refractivity (Wildman–Crippen MR) is 81.5 cm³/mol. The van der Waals surface area contributed by atoms with Crippen LogP contribution in [0, 0.1) is 0 Å². The molecule has 0 radical (unpaired) electrons. The molecular formula is C16H20N3NaO2. The summed E-state index contributed by atoms with van der Waals surface area (Å²) < 4.78 is 4.93. The first-order chi connectivity index (χ1) is 10.1. The number of carbonyl (C=O) groups excluding carboxylic acids is 1. The largest absolute Gasteiger partial charge is 1.00 e. The average molecular weight is 309 g/mol. The standard InChI is InChI=1S/C16H20N3O2.Na/c1-19(2)6-5-12-9-17-15-4-3-11(8-14(12)15)7-13-10-21-16(20)18-13;/h3-4,8-9,13H,5-7,10H2,1-2H3,(H,18,20);/q-1;+1/t13-;/m0./s1. The maximum atomic E-state index is 11.1. The van der Waals surface area contributed by atoms with Crippen molar-refractivity contribution >= 4 is 17.0 Å². The fourth-order valence-corrected chi connectivity index (χ4v) is 2.66. The van der Waals surface area contributed by atoms with E-state index in [4.69, 9.17) is 4.74 Å². The molecule has 2 aromatic rings. The summed E-state index contributed by atoms with van der Waals surface area (Å²) in [5.74, 6) is 0. The van der Waals surface area contributed by atoms with Crippen molar-refractivity contribution in [2.45, 2.75) is 18.9 Å². The minimum absolute atomic E-state index is 0. The van der Waals surface area contributed by atoms with E-state index in [-0.39, 0.29) is 41.7 Å². The van der Waals surface area contributed by atoms with Gasteiger partial charge < -0.3 is 19.9 Å². The number of ether oxygens (including phenoxy) is 1. The van der Waals surface area contributed by atoms with Crippen LogP contribution in [0.3, 0.4) is 0 Å². The summed E-state index contributed by atoms with van der Waals surface area (Å²) in [7, 11) is 4.15. The zero-order valence-corrected chi connectivity index (χ0v) is 15.4. The molecule has 0 bridgehead atoms. The van der Waals surface area contributed by atoms with Crippen molar-refractivity contribution in [3.63, 3.8) is 0 Å². The predicted octanol–water partition coefficient (Wildman–Crippen LogP) is -1.44. The smallest absolute Gasteiger partial charge is 0.663 e. The van der Waals surface area contributed by atoms with Crippen LogP contribution in [0.15, 0.2) is 24.4 Å². The number of carbonyl (C=O) groups is 1. The van der Waals surface area contributed by atoms with E-state index in [0.29, 0.717) is 6.61 Å². The van der Waals surface area contributed by atoms with Crippen molar-refractivity contribution in [1.29, 1.82) is 0 Å². The van der Waals surface area contributed by atoms with Gasteiger partial charge in [-0.25, -0.2) is 4.79 Å². The third-order valence-corrected chi connectivity index (χ3v) is 3.81. The molecule has 1 aliphatic rings. The van der Waals surface area contributed by atoms with E-state index >= 15 is 0 Å². The van der Waals surface area contributed by atoms with Gasteiger partial charge in [-0.3, -0.25) is 0 Å². The van der Waals surface area contributed by atoms with E-state index < -0.39 is 0 Å². The van der Waals surface area contributed by atoms with Gasteiger partial charge in [-0.1, -0.05) is 23.8 Å². The van der Waals surface area contributed by atoms with Crippen molar-refractivity contribution in [3.05, 3.63) is 35.5 Å². The molecule has 22 heavy (non-hydrogen) atoms. The second-order valence-electron chi connectivity index (χ2n) is 5.83. The maximum Gasteiger partial charge on any atom is 1.00 e. The first-order valence-corrected chi connectivity index (χ1v) is 7.23. The van der Waals surface area contributed by atoms with E-state index in [1.807, 2.05) is 6.20 Å². The molecule has 2 heterocycles. The second-order valence-corrected chi connectivity index (χ2v) is 5.83. The Balaban J connectivity index is 0.00000176. The molecule has 1 saturated heterocycles. The van der Waals surface area contributed by atoms with Crippen molar-refractivity contribution in [1.82, 2.24) is 15.2 Å². The molecule has 0 unspecified atom stereocenters. The zero-order chi connectivity index (χ0) is 14.8. The van der Waals surface area contributed by atoms with Crippen LogP contribution in [-0.4, -0.2) is 44.3 Å². The summed E-state index contributed by atoms with van der Waals surface area (Å²) in [4.78, 5) is 17.7. The van der Waals surface area contributed by atoms with Crippen LogP contribution < -0.4 is 39.9 Å². The zero-order valence-electron chi connectivity index (χ0n) is 13.4. The van der Waals surface area contributed by atoms with Gasteiger partial charge in [-0.05, 0) is 37.9 Å². The summed E-state index contributed by atoms with van der Waals surface area (Å²) in [5.41, 5.74) is 3.53. The van der Waals surface area contributed by atoms with Gasteiger partial charge >= 0.3 is 35.7 Å². The Morgan fingerprint density at radius 3 is 2.91 bits per heavy atom. The van der Waals surface area contributed by atoms with E-state index in [2.05, 4.69) is 47.5 Å². The number of nitrogens with zero attached hydrogens (tertiary/aromatic N) is 2. The van der Waals surface area contributed by atoms with Gasteiger partial charge in [0.2, 0.25) is 0 Å². The molecule has 1 amide bonds. The minimum atomic E-state index is -0.317. The van der Waals surface area contributed by atoms with Crippen LogP contribution >= 0.6 is 0 Å². The van der Waals surface area contributed by atoms with Crippen molar-refractivity contribution in [3.8, 4) is 0 Å². The van der Waals surface area contributed by atoms with Crippen LogP contribution in [0.25, 0.3) is 10.9 Å². The van der Waals surface area contributed by atoms with Gasteiger partial charge in [0.15, 0.2) is 0 Å². The molecule has 5 nitrogen and oxygen atoms in total. The van der Waals surface area contributed by atoms with Crippen LogP contribution in [0.1, 0.15) is 11.1 Å². The number of cyclic esters (lactones) is 1. The molecule has 0 aliphatic carbocycles. The molecule has 0 saturated carbocycles. The monoisotopic (exact) mass is 309 g/mol. The molecular weight excluding hydrogens is 289 g/mol. The summed E-state index contributed by atoms with van der Waals surface area (Å²) in [5, 5.41) is 4.04. The number of fused-ring (bicyclic) bond motifs is 1. The first kappa shape index (κ1) is 17.3. The van der Waals surface area contributed by atoms with Crippen molar-refractivity contribution in [2.75, 3.05) is 27.2 Å². The maximum absolute atomic E-state index is 11.1. The normalized spacial score (nSPS) is 17.4. The summed E-state index contributed by atoms with van der Waals surface area (Å²) in [6, 6.07) is 6.40. The average Bonchev–Trinajstić information content (AvgIpc) is 3.03. The number of hydrogen-bond acceptors (Lipinski definition) is 3. The summed E-state index contributed by atoms with van der Waals surface area (Å²) in [6.45, 7) is 1.46. The number of rotatable bonds is 5. The van der Waals surface area contributed by atoms with E-state index in [9.17, 15) is 4.79 Å². The fourth-order valence-electron chi connectivity index (χ4n) is 2.66. The second kappa shape index (κ2) is 7.51. The molecule has 1 aromatic heterocycles. The Morgan fingerprint density at radius 2 is 2.23 bits per heavy atom. The minimum Gasteiger partial charge on any atom is -0.663 e. The Hall–Kier alpha value is -1.01. The number of benzene rings is 1. The van der Waals surface area contributed by atoms with Gasteiger partial charge in [-0.15, -0.1) is 5.52 Å². The van der Waals surface area contributed by atoms with Gasteiger partial charge in [0.25, 0.3) is 0 Å². The topological polar surface area (TPSA) is 55.7 Å². The van der Waals surface area contributed by atoms with Crippen molar-refractivity contribution < 1.29 is 39.1 Å². The molecule has 112 valence electrons. The molecule has 0 spiro atoms. The van der Waals surface area contributed by atoms with Crippen LogP contribution in [-0.2, 0) is 17.6 Å². The fraction of sp³-hybridized carbons (Fsp3) is 0.438. The van der Waals surface area contributed by atoms with Crippen LogP contribution in [0.2, 0.25) is 0 Å². The Bertz CT molecular complexity index is 654. The van der Waals surface area contributed by atoms with Gasteiger partial charge in [0.1, 0.15) is 6.61 Å². The number of amides is 1. The van der Waals surface area contributed by atoms with Gasteiger partial charge in [-0.2, -0.15) is 6.20 Å². The number of likely N-dealkylation sites (N-methyl/N-ethyl adjacent to an activating group) is 1. The quantitative estimate of drug-likeness (QED) is 0.687. The van der Waals surface area contributed by atoms with E-state index in [1.54, 1.807) is 0 Å². The molecule has 1 fully saturated rings. The van der Waals surface area contributed by atoms with Crippen molar-refractivity contribution in [2.24, 2.45) is 0 Å². The molecule has 1 atom stereocenters. The summed E-state index contributed by atoms with van der Waals surface area (Å²) >= 11 is 0. The number of hydrogen-bond donors (Lipinski definition) is 1. The van der Waals surface area contributed by atoms with Crippen LogP contribution in [0.4, 0.5) is 4.79 Å². The van der Waals surface area contributed by atoms with Crippen LogP contribution in [0.5, 0.6) is 0 Å². The van der Waals surface area contributed by atoms with Gasteiger partial charge in [0.05, 0.1) is 6.04 Å². The Labute approximate surface area is 152 Å². The first-order valence-electron chi connectivity index (χ1n) is 7.23. The van der Waals surface area contributed by atoms with Gasteiger partial charge in [0, 0.05) is 6.54 Å². The third-order valence-electron chi connectivity index (χ3n) is 3.81. The SMILES string of the molecule is CN(C)CCc1c[n-]c2ccc(C[C@H]3COC(=O)N3)cc12.[Na+]. The molecule has 1 N–H and O–H groups in total. The summed E-state index contributed by atoms with van der Waals surface area (Å²) in [6.07, 6.45) is 3.44. The molecule has 1 aromatic carbocycles. The Morgan fingerprint density at radius 1 is 1.41 bits per heavy atom. The Kier molecular flexibility index (Phi) is 5.92. The number of aromatic nitrogens is 1. The van der Waals surface area contributed by atoms with E-state index in [0.717, 1.165) is 24.9 Å². The van der Waals surface area contributed by atoms with E-state index in [1.165, 1.54) is 16.5 Å². The number of alkyl carbamates (subject to hydrolysis) is 1.